The predicted molar refractivity (Wildman–Crippen MR) is 104 cm³/mol. The Morgan fingerprint density at radius 3 is 2.59 bits per heavy atom. The standard InChI is InChI=1S/C22H16ClNO3/c1-2-13-7-8-18-15(11-13)16(22(25)26)12-19(24-18)21-10-9-20(27-21)14-5-3-4-6-17(14)23/h3-12H,2H2,1H3,(H,25,26)/p-1. The van der Waals surface area contributed by atoms with Crippen molar-refractivity contribution in [1.82, 2.24) is 4.98 Å². The number of rotatable bonds is 4. The first-order valence-electron chi connectivity index (χ1n) is 8.57. The lowest BCUT2D eigenvalue weighted by molar-refractivity contribution is -0.254. The Morgan fingerprint density at radius 1 is 1.07 bits per heavy atom. The van der Waals surface area contributed by atoms with Crippen LogP contribution in [0.3, 0.4) is 0 Å². The van der Waals surface area contributed by atoms with Crippen LogP contribution in [-0.2, 0) is 6.42 Å². The summed E-state index contributed by atoms with van der Waals surface area (Å²) in [7, 11) is 0. The number of fused-ring (bicyclic) bond motifs is 1. The van der Waals surface area contributed by atoms with Gasteiger partial charge in [-0.3, -0.25) is 0 Å². The molecule has 0 N–H and O–H groups in total. The molecule has 27 heavy (non-hydrogen) atoms. The molecular formula is C22H15ClNO3-. The number of benzene rings is 2. The molecule has 0 bridgehead atoms. The molecule has 0 saturated carbocycles. The highest BCUT2D eigenvalue weighted by Crippen LogP contribution is 2.33. The fraction of sp³-hybridized carbons (Fsp3) is 0.0909. The van der Waals surface area contributed by atoms with Gasteiger partial charge in [-0.15, -0.1) is 0 Å². The van der Waals surface area contributed by atoms with Crippen molar-refractivity contribution >= 4 is 28.5 Å². The van der Waals surface area contributed by atoms with Gasteiger partial charge in [0, 0.05) is 16.5 Å². The van der Waals surface area contributed by atoms with Gasteiger partial charge in [-0.25, -0.2) is 4.98 Å². The lowest BCUT2D eigenvalue weighted by atomic mass is 10.0. The maximum absolute atomic E-state index is 11.7. The van der Waals surface area contributed by atoms with Gasteiger partial charge < -0.3 is 14.3 Å². The van der Waals surface area contributed by atoms with Crippen LogP contribution in [0.25, 0.3) is 33.7 Å². The summed E-state index contributed by atoms with van der Waals surface area (Å²) in [6.07, 6.45) is 0.809. The summed E-state index contributed by atoms with van der Waals surface area (Å²) in [6, 6.07) is 18.0. The molecule has 2 heterocycles. The van der Waals surface area contributed by atoms with Crippen LogP contribution in [0.15, 0.2) is 65.1 Å². The number of halogens is 1. The molecule has 0 fully saturated rings. The van der Waals surface area contributed by atoms with Gasteiger partial charge in [0.25, 0.3) is 0 Å². The average molecular weight is 377 g/mol. The molecule has 0 atom stereocenters. The molecule has 0 aliphatic heterocycles. The fourth-order valence-electron chi connectivity index (χ4n) is 3.07. The summed E-state index contributed by atoms with van der Waals surface area (Å²) in [5.74, 6) is -0.183. The molecule has 4 aromatic rings. The van der Waals surface area contributed by atoms with E-state index in [0.29, 0.717) is 33.1 Å². The SMILES string of the molecule is CCc1ccc2nc(-c3ccc(-c4ccccc4Cl)o3)cc(C(=O)[O-])c2c1. The van der Waals surface area contributed by atoms with Gasteiger partial charge in [0.15, 0.2) is 5.76 Å². The van der Waals surface area contributed by atoms with Crippen molar-refractivity contribution < 1.29 is 14.3 Å². The van der Waals surface area contributed by atoms with Gasteiger partial charge in [-0.2, -0.15) is 0 Å². The molecule has 0 unspecified atom stereocenters. The topological polar surface area (TPSA) is 66.2 Å². The number of carboxylic acid groups (broad SMARTS) is 1. The van der Waals surface area contributed by atoms with Gasteiger partial charge >= 0.3 is 0 Å². The number of hydrogen-bond donors (Lipinski definition) is 0. The summed E-state index contributed by atoms with van der Waals surface area (Å²) < 4.78 is 5.90. The Balaban J connectivity index is 1.85. The molecule has 134 valence electrons. The van der Waals surface area contributed by atoms with Crippen LogP contribution in [0.5, 0.6) is 0 Å². The lowest BCUT2D eigenvalue weighted by Gasteiger charge is -2.10. The number of aromatic carboxylic acids is 1. The van der Waals surface area contributed by atoms with E-state index in [2.05, 4.69) is 4.98 Å². The molecule has 0 saturated heterocycles. The summed E-state index contributed by atoms with van der Waals surface area (Å²) in [4.78, 5) is 16.3. The molecule has 0 amide bonds. The van der Waals surface area contributed by atoms with Crippen LogP contribution in [0.2, 0.25) is 5.02 Å². The van der Waals surface area contributed by atoms with Crippen molar-refractivity contribution in [3.8, 4) is 22.8 Å². The average Bonchev–Trinajstić information content (AvgIpc) is 3.16. The first kappa shape index (κ1) is 17.3. The number of pyridine rings is 1. The van der Waals surface area contributed by atoms with E-state index in [9.17, 15) is 9.90 Å². The van der Waals surface area contributed by atoms with E-state index in [4.69, 9.17) is 16.0 Å². The minimum absolute atomic E-state index is 0.0981. The number of hydrogen-bond acceptors (Lipinski definition) is 4. The van der Waals surface area contributed by atoms with Gasteiger partial charge in [-0.05, 0) is 54.4 Å². The van der Waals surface area contributed by atoms with Gasteiger partial charge in [-0.1, -0.05) is 36.7 Å². The van der Waals surface area contributed by atoms with Crippen molar-refractivity contribution in [2.24, 2.45) is 0 Å². The van der Waals surface area contributed by atoms with E-state index in [1.165, 1.54) is 6.07 Å². The first-order valence-corrected chi connectivity index (χ1v) is 8.94. The van der Waals surface area contributed by atoms with Crippen molar-refractivity contribution in [2.75, 3.05) is 0 Å². The van der Waals surface area contributed by atoms with Crippen LogP contribution < -0.4 is 5.11 Å². The number of carbonyl (C=O) groups excluding carboxylic acids is 1. The van der Waals surface area contributed by atoms with Gasteiger partial charge in [0.05, 0.1) is 16.5 Å². The van der Waals surface area contributed by atoms with Crippen LogP contribution in [0.1, 0.15) is 22.8 Å². The predicted octanol–water partition coefficient (Wildman–Crippen LogP) is 4.74. The molecule has 0 spiro atoms. The van der Waals surface area contributed by atoms with Crippen LogP contribution in [0, 0.1) is 0 Å². The molecule has 4 rings (SSSR count). The smallest absolute Gasteiger partial charge is 0.153 e. The Hall–Kier alpha value is -3.11. The summed E-state index contributed by atoms with van der Waals surface area (Å²) in [6.45, 7) is 2.01. The van der Waals surface area contributed by atoms with Crippen LogP contribution in [0.4, 0.5) is 0 Å². The second-order valence-electron chi connectivity index (χ2n) is 6.19. The third kappa shape index (κ3) is 3.20. The Kier molecular flexibility index (Phi) is 4.42. The van der Waals surface area contributed by atoms with Crippen LogP contribution >= 0.6 is 11.6 Å². The lowest BCUT2D eigenvalue weighted by Crippen LogP contribution is -2.22. The van der Waals surface area contributed by atoms with Crippen molar-refractivity contribution in [1.29, 1.82) is 0 Å². The van der Waals surface area contributed by atoms with Gasteiger partial charge in [0.1, 0.15) is 11.5 Å². The molecule has 2 aromatic carbocycles. The molecule has 2 aromatic heterocycles. The fourth-order valence-corrected chi connectivity index (χ4v) is 3.30. The summed E-state index contributed by atoms with van der Waals surface area (Å²) in [5, 5.41) is 12.8. The van der Waals surface area contributed by atoms with E-state index in [1.807, 2.05) is 43.3 Å². The Bertz CT molecular complexity index is 1160. The number of furan rings is 1. The number of nitrogens with zero attached hydrogens (tertiary/aromatic N) is 1. The zero-order valence-electron chi connectivity index (χ0n) is 14.5. The van der Waals surface area contributed by atoms with Gasteiger partial charge in [0.2, 0.25) is 0 Å². The highest BCUT2D eigenvalue weighted by Gasteiger charge is 2.14. The Morgan fingerprint density at radius 2 is 1.85 bits per heavy atom. The van der Waals surface area contributed by atoms with Crippen molar-refractivity contribution in [3.05, 3.63) is 76.8 Å². The molecule has 5 heteroatoms. The Labute approximate surface area is 161 Å². The third-order valence-electron chi connectivity index (χ3n) is 4.50. The minimum Gasteiger partial charge on any atom is -0.545 e. The molecular weight excluding hydrogens is 362 g/mol. The van der Waals surface area contributed by atoms with Crippen LogP contribution in [-0.4, -0.2) is 11.0 Å². The number of carbonyl (C=O) groups is 1. The van der Waals surface area contributed by atoms with E-state index in [0.717, 1.165) is 17.5 Å². The molecule has 0 aliphatic carbocycles. The second kappa shape index (κ2) is 6.89. The van der Waals surface area contributed by atoms with Crippen molar-refractivity contribution in [2.45, 2.75) is 13.3 Å². The minimum atomic E-state index is -1.24. The number of aromatic nitrogens is 1. The zero-order valence-corrected chi connectivity index (χ0v) is 15.3. The summed E-state index contributed by atoms with van der Waals surface area (Å²) >= 11 is 6.23. The van der Waals surface area contributed by atoms with E-state index < -0.39 is 5.97 Å². The van der Waals surface area contributed by atoms with E-state index >= 15 is 0 Å². The number of aryl methyl sites for hydroxylation is 1. The van der Waals surface area contributed by atoms with E-state index in [1.54, 1.807) is 18.2 Å². The molecule has 0 radical (unpaired) electrons. The molecule has 4 nitrogen and oxygen atoms in total. The highest BCUT2D eigenvalue weighted by atomic mass is 35.5. The quantitative estimate of drug-likeness (QED) is 0.516. The molecule has 0 aliphatic rings. The summed E-state index contributed by atoms with van der Waals surface area (Å²) in [5.41, 5.74) is 2.92. The first-order chi connectivity index (χ1) is 13.1. The third-order valence-corrected chi connectivity index (χ3v) is 4.83. The van der Waals surface area contributed by atoms with Crippen molar-refractivity contribution in [3.63, 3.8) is 0 Å². The zero-order chi connectivity index (χ0) is 19.0. The highest BCUT2D eigenvalue weighted by molar-refractivity contribution is 6.33. The monoisotopic (exact) mass is 376 g/mol. The second-order valence-corrected chi connectivity index (χ2v) is 6.60. The number of carboxylic acids is 1. The van der Waals surface area contributed by atoms with E-state index in [-0.39, 0.29) is 5.56 Å². The largest absolute Gasteiger partial charge is 0.545 e. The normalized spacial score (nSPS) is 11.0. The maximum atomic E-state index is 11.7. The maximum Gasteiger partial charge on any atom is 0.153 e.